The molecule has 2 rings (SSSR count). The quantitative estimate of drug-likeness (QED) is 0.824. The van der Waals surface area contributed by atoms with Crippen LogP contribution in [0.25, 0.3) is 0 Å². The molecule has 1 aromatic carbocycles. The van der Waals surface area contributed by atoms with Crippen LogP contribution in [-0.2, 0) is 0 Å². The van der Waals surface area contributed by atoms with Crippen molar-refractivity contribution in [1.29, 1.82) is 0 Å². The summed E-state index contributed by atoms with van der Waals surface area (Å²) in [7, 11) is 1.73. The number of methoxy groups -OCH3 is 1. The first kappa shape index (κ1) is 13.4. The minimum Gasteiger partial charge on any atom is -0.497 e. The van der Waals surface area contributed by atoms with Crippen LogP contribution >= 0.6 is 0 Å². The molecule has 1 saturated carbocycles. The van der Waals surface area contributed by atoms with Gasteiger partial charge in [0.2, 0.25) is 0 Å². The third-order valence-electron chi connectivity index (χ3n) is 4.12. The van der Waals surface area contributed by atoms with Crippen molar-refractivity contribution in [2.24, 2.45) is 5.41 Å². The highest BCUT2D eigenvalue weighted by Gasteiger charge is 2.45. The fraction of sp³-hybridized carbons (Fsp3) is 0.625. The number of rotatable bonds is 6. The molecule has 0 aliphatic heterocycles. The van der Waals surface area contributed by atoms with Crippen LogP contribution in [-0.4, -0.2) is 13.7 Å². The zero-order valence-corrected chi connectivity index (χ0v) is 12.0. The zero-order valence-electron chi connectivity index (χ0n) is 12.0. The highest BCUT2D eigenvalue weighted by molar-refractivity contribution is 5.38. The van der Waals surface area contributed by atoms with E-state index in [1.165, 1.54) is 30.4 Å². The average molecular weight is 247 g/mol. The smallest absolute Gasteiger partial charge is 0.119 e. The molecule has 0 bridgehead atoms. The number of nitrogens with one attached hydrogen (secondary N) is 1. The van der Waals surface area contributed by atoms with Gasteiger partial charge in [-0.25, -0.2) is 0 Å². The van der Waals surface area contributed by atoms with Gasteiger partial charge in [0.05, 0.1) is 7.11 Å². The Morgan fingerprint density at radius 2 is 2.11 bits per heavy atom. The predicted octanol–water partition coefficient (Wildman–Crippen LogP) is 3.84. The minimum absolute atomic E-state index is 0.453. The molecule has 0 amide bonds. The largest absolute Gasteiger partial charge is 0.497 e. The molecule has 1 unspecified atom stereocenters. The lowest BCUT2D eigenvalue weighted by molar-refractivity contribution is 0.364. The Balaban J connectivity index is 2.24. The van der Waals surface area contributed by atoms with E-state index in [2.05, 4.69) is 44.3 Å². The Bertz CT molecular complexity index is 410. The van der Waals surface area contributed by atoms with E-state index in [0.717, 1.165) is 12.3 Å². The van der Waals surface area contributed by atoms with Crippen LogP contribution in [0.4, 0.5) is 0 Å². The SMILES string of the molecule is CCCNC(c1ccc(OC)cc1C)C1(C)CC1. The Morgan fingerprint density at radius 3 is 2.61 bits per heavy atom. The summed E-state index contributed by atoms with van der Waals surface area (Å²) in [6.07, 6.45) is 3.85. The second kappa shape index (κ2) is 5.31. The molecule has 1 atom stereocenters. The van der Waals surface area contributed by atoms with E-state index in [-0.39, 0.29) is 0 Å². The van der Waals surface area contributed by atoms with Crippen molar-refractivity contribution >= 4 is 0 Å². The summed E-state index contributed by atoms with van der Waals surface area (Å²) < 4.78 is 5.29. The van der Waals surface area contributed by atoms with Crippen molar-refractivity contribution in [2.75, 3.05) is 13.7 Å². The molecule has 1 aliphatic carbocycles. The second-order valence-electron chi connectivity index (χ2n) is 5.76. The van der Waals surface area contributed by atoms with Gasteiger partial charge >= 0.3 is 0 Å². The van der Waals surface area contributed by atoms with E-state index in [9.17, 15) is 0 Å². The van der Waals surface area contributed by atoms with Crippen molar-refractivity contribution < 1.29 is 4.74 Å². The molecule has 100 valence electrons. The van der Waals surface area contributed by atoms with Crippen molar-refractivity contribution in [3.8, 4) is 5.75 Å². The van der Waals surface area contributed by atoms with Gasteiger partial charge in [-0.2, -0.15) is 0 Å². The van der Waals surface area contributed by atoms with E-state index in [1.54, 1.807) is 7.11 Å². The summed E-state index contributed by atoms with van der Waals surface area (Å²) >= 11 is 0. The van der Waals surface area contributed by atoms with Crippen molar-refractivity contribution in [2.45, 2.75) is 46.1 Å². The van der Waals surface area contributed by atoms with E-state index in [0.29, 0.717) is 11.5 Å². The lowest BCUT2D eigenvalue weighted by Gasteiger charge is -2.27. The maximum absolute atomic E-state index is 5.29. The molecular weight excluding hydrogens is 222 g/mol. The molecule has 1 aromatic rings. The van der Waals surface area contributed by atoms with Gasteiger partial charge in [-0.1, -0.05) is 19.9 Å². The van der Waals surface area contributed by atoms with Crippen LogP contribution < -0.4 is 10.1 Å². The summed E-state index contributed by atoms with van der Waals surface area (Å²) in [5, 5.41) is 3.73. The Hall–Kier alpha value is -1.02. The number of aryl methyl sites for hydroxylation is 1. The van der Waals surface area contributed by atoms with E-state index < -0.39 is 0 Å². The lowest BCUT2D eigenvalue weighted by Crippen LogP contribution is -2.29. The maximum atomic E-state index is 5.29. The first-order valence-electron chi connectivity index (χ1n) is 6.98. The molecule has 1 N–H and O–H groups in total. The van der Waals surface area contributed by atoms with E-state index >= 15 is 0 Å². The van der Waals surface area contributed by atoms with Gasteiger partial charge in [-0.15, -0.1) is 0 Å². The minimum atomic E-state index is 0.453. The molecule has 2 nitrogen and oxygen atoms in total. The molecule has 0 aromatic heterocycles. The number of hydrogen-bond donors (Lipinski definition) is 1. The molecule has 1 aliphatic rings. The van der Waals surface area contributed by atoms with Gasteiger partial charge < -0.3 is 10.1 Å². The molecule has 1 fully saturated rings. The molecule has 18 heavy (non-hydrogen) atoms. The maximum Gasteiger partial charge on any atom is 0.119 e. The highest BCUT2D eigenvalue weighted by Crippen LogP contribution is 2.55. The molecule has 0 radical (unpaired) electrons. The van der Waals surface area contributed by atoms with Crippen LogP contribution in [0, 0.1) is 12.3 Å². The van der Waals surface area contributed by atoms with Crippen LogP contribution in [0.1, 0.15) is 50.3 Å². The summed E-state index contributed by atoms with van der Waals surface area (Å²) in [6, 6.07) is 6.94. The topological polar surface area (TPSA) is 21.3 Å². The third kappa shape index (κ3) is 2.69. The third-order valence-corrected chi connectivity index (χ3v) is 4.12. The summed E-state index contributed by atoms with van der Waals surface area (Å²) in [6.45, 7) is 7.89. The summed E-state index contributed by atoms with van der Waals surface area (Å²) in [4.78, 5) is 0. The zero-order chi connectivity index (χ0) is 13.2. The summed E-state index contributed by atoms with van der Waals surface area (Å²) in [5.41, 5.74) is 3.22. The van der Waals surface area contributed by atoms with Crippen LogP contribution in [0.5, 0.6) is 5.75 Å². The van der Waals surface area contributed by atoms with E-state index in [4.69, 9.17) is 4.74 Å². The first-order valence-corrected chi connectivity index (χ1v) is 6.98. The molecule has 2 heteroatoms. The van der Waals surface area contributed by atoms with Gasteiger partial charge in [0.1, 0.15) is 5.75 Å². The van der Waals surface area contributed by atoms with Crippen LogP contribution in [0.3, 0.4) is 0 Å². The van der Waals surface area contributed by atoms with Gasteiger partial charge in [0, 0.05) is 6.04 Å². The Morgan fingerprint density at radius 1 is 1.39 bits per heavy atom. The van der Waals surface area contributed by atoms with Gasteiger partial charge in [-0.05, 0) is 61.4 Å². The van der Waals surface area contributed by atoms with E-state index in [1.807, 2.05) is 0 Å². The normalized spacial score (nSPS) is 18.4. The van der Waals surface area contributed by atoms with Gasteiger partial charge in [0.15, 0.2) is 0 Å². The molecular formula is C16H25NO. The monoisotopic (exact) mass is 247 g/mol. The predicted molar refractivity (Wildman–Crippen MR) is 76.1 cm³/mol. The highest BCUT2D eigenvalue weighted by atomic mass is 16.5. The average Bonchev–Trinajstić information content (AvgIpc) is 3.10. The Kier molecular flexibility index (Phi) is 3.96. The lowest BCUT2D eigenvalue weighted by atomic mass is 9.89. The molecule has 0 heterocycles. The number of hydrogen-bond acceptors (Lipinski definition) is 2. The Labute approximate surface area is 111 Å². The van der Waals surface area contributed by atoms with Crippen molar-refractivity contribution in [3.05, 3.63) is 29.3 Å². The van der Waals surface area contributed by atoms with Gasteiger partial charge in [-0.3, -0.25) is 0 Å². The fourth-order valence-corrected chi connectivity index (χ4v) is 2.61. The number of ether oxygens (including phenoxy) is 1. The van der Waals surface area contributed by atoms with Gasteiger partial charge in [0.25, 0.3) is 0 Å². The molecule has 0 spiro atoms. The van der Waals surface area contributed by atoms with Crippen LogP contribution in [0.2, 0.25) is 0 Å². The van der Waals surface area contributed by atoms with Crippen molar-refractivity contribution in [3.63, 3.8) is 0 Å². The fourth-order valence-electron chi connectivity index (χ4n) is 2.61. The summed E-state index contributed by atoms with van der Waals surface area (Å²) in [5.74, 6) is 0.950. The molecule has 0 saturated heterocycles. The second-order valence-corrected chi connectivity index (χ2v) is 5.76. The first-order chi connectivity index (χ1) is 8.60. The standard InChI is InChI=1S/C16H25NO/c1-5-10-17-15(16(3)8-9-16)14-7-6-13(18-4)11-12(14)2/h6-7,11,15,17H,5,8-10H2,1-4H3. The van der Waals surface area contributed by atoms with Crippen molar-refractivity contribution in [1.82, 2.24) is 5.32 Å². The number of benzene rings is 1. The van der Waals surface area contributed by atoms with Crippen LogP contribution in [0.15, 0.2) is 18.2 Å².